The molecule has 14 heavy (non-hydrogen) atoms. The number of rotatable bonds is 1. The molecule has 1 rings (SSSR count). The molecule has 1 aromatic rings. The zero-order valence-electron chi connectivity index (χ0n) is 7.61. The molecule has 0 amide bonds. The van der Waals surface area contributed by atoms with Crippen molar-refractivity contribution in [3.05, 3.63) is 34.9 Å². The summed E-state index contributed by atoms with van der Waals surface area (Å²) in [5, 5.41) is 16.0. The van der Waals surface area contributed by atoms with Gasteiger partial charge in [0, 0.05) is 11.6 Å². The van der Waals surface area contributed by atoms with Crippen LogP contribution in [-0.4, -0.2) is 22.9 Å². The van der Waals surface area contributed by atoms with Gasteiger partial charge in [-0.25, -0.2) is 4.79 Å². The lowest BCUT2D eigenvalue weighted by Crippen LogP contribution is -2.00. The molecule has 0 aliphatic heterocycles. The maximum atomic E-state index is 10.6. The van der Waals surface area contributed by atoms with E-state index in [9.17, 15) is 4.79 Å². The Bertz CT molecular complexity index is 288. The van der Waals surface area contributed by atoms with Gasteiger partial charge in [0.1, 0.15) is 0 Å². The molecular weight excluding hydrogens is 208 g/mol. The first kappa shape index (κ1) is 12.9. The van der Waals surface area contributed by atoms with Gasteiger partial charge in [-0.15, -0.1) is 0 Å². The third-order valence-corrected chi connectivity index (χ3v) is 1.38. The monoisotopic (exact) mass is 218 g/mol. The molecule has 0 aromatic heterocycles. The fourth-order valence-electron chi connectivity index (χ4n) is 0.668. The summed E-state index contributed by atoms with van der Waals surface area (Å²) >= 11 is 5.56. The van der Waals surface area contributed by atoms with Crippen LogP contribution >= 0.6 is 11.6 Å². The van der Waals surface area contributed by atoms with E-state index in [0.29, 0.717) is 5.02 Å². The second kappa shape index (κ2) is 7.32. The van der Waals surface area contributed by atoms with Gasteiger partial charge in [-0.1, -0.05) is 17.7 Å². The first-order valence-electron chi connectivity index (χ1n) is 3.87. The maximum Gasteiger partial charge on any atom is 0.372 e. The Hall–Kier alpha value is -1.10. The summed E-state index contributed by atoms with van der Waals surface area (Å²) in [5.41, 5.74) is 0.222. The minimum atomic E-state index is -0.813. The number of benzene rings is 1. The third-order valence-electron chi connectivity index (χ3n) is 1.14. The van der Waals surface area contributed by atoms with Crippen LogP contribution in [0.25, 0.3) is 0 Å². The van der Waals surface area contributed by atoms with E-state index in [2.05, 4.69) is 4.89 Å². The van der Waals surface area contributed by atoms with E-state index in [4.69, 9.17) is 22.0 Å². The third kappa shape index (κ3) is 4.81. The van der Waals surface area contributed by atoms with Crippen molar-refractivity contribution in [2.24, 2.45) is 0 Å². The molecule has 0 fully saturated rings. The van der Waals surface area contributed by atoms with Crippen LogP contribution in [0.4, 0.5) is 0 Å². The van der Waals surface area contributed by atoms with Gasteiger partial charge in [0.15, 0.2) is 0 Å². The lowest BCUT2D eigenvalue weighted by atomic mass is 10.2. The van der Waals surface area contributed by atoms with E-state index in [1.54, 1.807) is 19.1 Å². The molecule has 4 nitrogen and oxygen atoms in total. The molecular formula is C9H11ClO4. The average Bonchev–Trinajstić information content (AvgIpc) is 2.18. The van der Waals surface area contributed by atoms with Crippen molar-refractivity contribution in [1.29, 1.82) is 0 Å². The van der Waals surface area contributed by atoms with Gasteiger partial charge in [0.2, 0.25) is 0 Å². The fraction of sp³-hybridized carbons (Fsp3) is 0.222. The summed E-state index contributed by atoms with van der Waals surface area (Å²) in [5.74, 6) is -0.813. The molecule has 0 heterocycles. The van der Waals surface area contributed by atoms with Gasteiger partial charge in [-0.05, 0) is 25.1 Å². The standard InChI is InChI=1S/C7H5ClO3.C2H6O/c8-6-3-1-2-5(4-6)7(9)11-10;1-2-3/h1-4,10H;3H,2H2,1H3. The number of halogens is 1. The van der Waals surface area contributed by atoms with Crippen LogP contribution in [0, 0.1) is 0 Å². The quantitative estimate of drug-likeness (QED) is 0.559. The van der Waals surface area contributed by atoms with E-state index in [0.717, 1.165) is 0 Å². The zero-order valence-corrected chi connectivity index (χ0v) is 8.36. The molecule has 0 spiro atoms. The Balaban J connectivity index is 0.000000500. The van der Waals surface area contributed by atoms with Crippen molar-refractivity contribution in [2.75, 3.05) is 6.61 Å². The molecule has 0 aliphatic rings. The number of carbonyl (C=O) groups is 1. The summed E-state index contributed by atoms with van der Waals surface area (Å²) in [6, 6.07) is 6.11. The zero-order chi connectivity index (χ0) is 11.0. The first-order chi connectivity index (χ1) is 6.65. The molecule has 0 unspecified atom stereocenters. The molecule has 1 aromatic carbocycles. The van der Waals surface area contributed by atoms with E-state index < -0.39 is 5.97 Å². The Morgan fingerprint density at radius 3 is 2.57 bits per heavy atom. The van der Waals surface area contributed by atoms with Crippen LogP contribution in [0.5, 0.6) is 0 Å². The molecule has 0 saturated carbocycles. The highest BCUT2D eigenvalue weighted by atomic mass is 35.5. The second-order valence-corrected chi connectivity index (χ2v) is 2.64. The highest BCUT2D eigenvalue weighted by Gasteiger charge is 2.05. The smallest absolute Gasteiger partial charge is 0.372 e. The molecule has 78 valence electrons. The summed E-state index contributed by atoms with van der Waals surface area (Å²) in [6.07, 6.45) is 0. The molecule has 2 N–H and O–H groups in total. The van der Waals surface area contributed by atoms with Crippen molar-refractivity contribution < 1.29 is 20.0 Å². The summed E-state index contributed by atoms with van der Waals surface area (Å²) < 4.78 is 0. The largest absolute Gasteiger partial charge is 0.397 e. The van der Waals surface area contributed by atoms with Gasteiger partial charge in [-0.2, -0.15) is 5.26 Å². The number of aliphatic hydroxyl groups excluding tert-OH is 1. The molecule has 0 aliphatic carbocycles. The SMILES string of the molecule is CCO.O=C(OO)c1cccc(Cl)c1. The van der Waals surface area contributed by atoms with Crippen LogP contribution in [0.1, 0.15) is 17.3 Å². The molecule has 0 saturated heterocycles. The van der Waals surface area contributed by atoms with Gasteiger partial charge < -0.3 is 5.11 Å². The van der Waals surface area contributed by atoms with Crippen molar-refractivity contribution in [2.45, 2.75) is 6.92 Å². The molecule has 0 atom stereocenters. The van der Waals surface area contributed by atoms with Crippen molar-refractivity contribution in [3.63, 3.8) is 0 Å². The maximum absolute atomic E-state index is 10.6. The Morgan fingerprint density at radius 1 is 1.57 bits per heavy atom. The van der Waals surface area contributed by atoms with Gasteiger partial charge >= 0.3 is 5.97 Å². The predicted molar refractivity (Wildman–Crippen MR) is 52.3 cm³/mol. The normalized spacial score (nSPS) is 8.57. The van der Waals surface area contributed by atoms with Crippen LogP contribution in [-0.2, 0) is 4.89 Å². The van der Waals surface area contributed by atoms with Crippen molar-refractivity contribution in [3.8, 4) is 0 Å². The molecule has 0 radical (unpaired) electrons. The lowest BCUT2D eigenvalue weighted by Gasteiger charge is -1.95. The van der Waals surface area contributed by atoms with Crippen LogP contribution in [0.3, 0.4) is 0 Å². The minimum absolute atomic E-state index is 0.222. The van der Waals surface area contributed by atoms with Crippen molar-refractivity contribution in [1.82, 2.24) is 0 Å². The summed E-state index contributed by atoms with van der Waals surface area (Å²) in [7, 11) is 0. The predicted octanol–water partition coefficient (Wildman–Crippen LogP) is 1.97. The minimum Gasteiger partial charge on any atom is -0.397 e. The fourth-order valence-corrected chi connectivity index (χ4v) is 0.858. The van der Waals surface area contributed by atoms with Gasteiger partial charge in [0.25, 0.3) is 0 Å². The number of hydrogen-bond donors (Lipinski definition) is 2. The van der Waals surface area contributed by atoms with Crippen molar-refractivity contribution >= 4 is 17.6 Å². The second-order valence-electron chi connectivity index (χ2n) is 2.21. The highest BCUT2D eigenvalue weighted by molar-refractivity contribution is 6.30. The average molecular weight is 219 g/mol. The highest BCUT2D eigenvalue weighted by Crippen LogP contribution is 2.10. The summed E-state index contributed by atoms with van der Waals surface area (Å²) in [6.45, 7) is 1.93. The van der Waals surface area contributed by atoms with E-state index in [1.165, 1.54) is 12.1 Å². The lowest BCUT2D eigenvalue weighted by molar-refractivity contribution is -0.182. The van der Waals surface area contributed by atoms with Crippen LogP contribution < -0.4 is 0 Å². The molecule has 0 bridgehead atoms. The molecule has 5 heteroatoms. The first-order valence-corrected chi connectivity index (χ1v) is 4.25. The van der Waals surface area contributed by atoms with E-state index >= 15 is 0 Å². The summed E-state index contributed by atoms with van der Waals surface area (Å²) in [4.78, 5) is 14.1. The Kier molecular flexibility index (Phi) is 6.74. The van der Waals surface area contributed by atoms with Gasteiger partial charge in [0.05, 0.1) is 5.56 Å². The van der Waals surface area contributed by atoms with Gasteiger partial charge in [-0.3, -0.25) is 4.89 Å². The van der Waals surface area contributed by atoms with E-state index in [1.807, 2.05) is 0 Å². The number of carbonyl (C=O) groups excluding carboxylic acids is 1. The topological polar surface area (TPSA) is 66.8 Å². The Morgan fingerprint density at radius 2 is 2.14 bits per heavy atom. The van der Waals surface area contributed by atoms with Crippen LogP contribution in [0.15, 0.2) is 24.3 Å². The number of hydrogen-bond acceptors (Lipinski definition) is 4. The van der Waals surface area contributed by atoms with E-state index in [-0.39, 0.29) is 12.2 Å². The Labute approximate surface area is 86.6 Å². The number of aliphatic hydroxyl groups is 1. The van der Waals surface area contributed by atoms with Crippen LogP contribution in [0.2, 0.25) is 5.02 Å².